The molecule has 74 valence electrons. The Kier molecular flexibility index (Phi) is 1.39. The molecule has 0 aromatic heterocycles. The van der Waals surface area contributed by atoms with Gasteiger partial charge < -0.3 is 0 Å². The van der Waals surface area contributed by atoms with Crippen LogP contribution in [0.4, 0.5) is 0 Å². The van der Waals surface area contributed by atoms with Gasteiger partial charge in [0.15, 0.2) is 0 Å². The van der Waals surface area contributed by atoms with Crippen molar-refractivity contribution in [1.29, 1.82) is 0 Å². The molecule has 2 aromatic carbocycles. The SMILES string of the molecule is C1=c2ccccc2=C2C=c3ccccc3=C12. The van der Waals surface area contributed by atoms with E-state index in [1.807, 2.05) is 0 Å². The maximum atomic E-state index is 2.30. The summed E-state index contributed by atoms with van der Waals surface area (Å²) < 4.78 is 0. The van der Waals surface area contributed by atoms with Gasteiger partial charge in [-0.3, -0.25) is 0 Å². The highest BCUT2D eigenvalue weighted by Crippen LogP contribution is 2.17. The van der Waals surface area contributed by atoms with Gasteiger partial charge in [0.25, 0.3) is 0 Å². The zero-order valence-corrected chi connectivity index (χ0v) is 8.77. The highest BCUT2D eigenvalue weighted by Gasteiger charge is 2.13. The molecule has 0 unspecified atom stereocenters. The number of hydrogen-bond donors (Lipinski definition) is 0. The Hall–Kier alpha value is -2.08. The molecule has 0 saturated heterocycles. The van der Waals surface area contributed by atoms with Crippen LogP contribution in [-0.2, 0) is 0 Å². The Bertz CT molecular complexity index is 763. The van der Waals surface area contributed by atoms with Gasteiger partial charge in [-0.1, -0.05) is 48.5 Å². The third kappa shape index (κ3) is 0.892. The van der Waals surface area contributed by atoms with Crippen LogP contribution in [0.3, 0.4) is 0 Å². The molecule has 2 aliphatic carbocycles. The summed E-state index contributed by atoms with van der Waals surface area (Å²) in [5, 5.41) is 5.43. The quantitative estimate of drug-likeness (QED) is 0.575. The molecule has 0 amide bonds. The lowest BCUT2D eigenvalue weighted by Crippen LogP contribution is -2.23. The van der Waals surface area contributed by atoms with Crippen molar-refractivity contribution in [2.24, 2.45) is 0 Å². The second-order valence-corrected chi connectivity index (χ2v) is 4.29. The minimum atomic E-state index is 1.35. The summed E-state index contributed by atoms with van der Waals surface area (Å²) in [6.45, 7) is 0. The van der Waals surface area contributed by atoms with Crippen molar-refractivity contribution < 1.29 is 0 Å². The molecule has 16 heavy (non-hydrogen) atoms. The molecule has 4 rings (SSSR count). The van der Waals surface area contributed by atoms with Crippen molar-refractivity contribution >= 4 is 23.3 Å². The normalized spacial score (nSPS) is 15.0. The monoisotopic (exact) mass is 202 g/mol. The van der Waals surface area contributed by atoms with E-state index in [0.29, 0.717) is 0 Å². The van der Waals surface area contributed by atoms with Gasteiger partial charge in [0.1, 0.15) is 0 Å². The van der Waals surface area contributed by atoms with Crippen LogP contribution in [0.15, 0.2) is 48.5 Å². The molecule has 0 aliphatic heterocycles. The molecule has 0 spiro atoms. The lowest BCUT2D eigenvalue weighted by Gasteiger charge is -1.91. The fraction of sp³-hybridized carbons (Fsp3) is 0. The Morgan fingerprint density at radius 1 is 0.500 bits per heavy atom. The van der Waals surface area contributed by atoms with Crippen molar-refractivity contribution in [3.63, 3.8) is 0 Å². The number of rotatable bonds is 0. The van der Waals surface area contributed by atoms with E-state index in [1.54, 1.807) is 0 Å². The van der Waals surface area contributed by atoms with Crippen molar-refractivity contribution in [2.75, 3.05) is 0 Å². The molecule has 0 radical (unpaired) electrons. The first-order valence-electron chi connectivity index (χ1n) is 5.56. The van der Waals surface area contributed by atoms with Crippen molar-refractivity contribution in [3.8, 4) is 0 Å². The summed E-state index contributed by atoms with van der Waals surface area (Å²) in [5.74, 6) is 0. The average molecular weight is 202 g/mol. The summed E-state index contributed by atoms with van der Waals surface area (Å²) in [4.78, 5) is 0. The molecular weight excluding hydrogens is 192 g/mol. The first-order chi connectivity index (χ1) is 7.93. The Morgan fingerprint density at radius 2 is 0.938 bits per heavy atom. The molecule has 0 N–H and O–H groups in total. The second kappa shape index (κ2) is 2.73. The van der Waals surface area contributed by atoms with Crippen molar-refractivity contribution in [2.45, 2.75) is 0 Å². The average Bonchev–Trinajstić information content (AvgIpc) is 2.85. The van der Waals surface area contributed by atoms with Crippen LogP contribution >= 0.6 is 0 Å². The first-order valence-corrected chi connectivity index (χ1v) is 5.56. The van der Waals surface area contributed by atoms with Crippen LogP contribution in [0, 0.1) is 0 Å². The lowest BCUT2D eigenvalue weighted by atomic mass is 10.1. The predicted octanol–water partition coefficient (Wildman–Crippen LogP) is 0.276. The van der Waals surface area contributed by atoms with Crippen LogP contribution in [0.25, 0.3) is 23.3 Å². The molecular formula is C16H10. The molecule has 0 atom stereocenters. The zero-order chi connectivity index (χ0) is 10.5. The maximum absolute atomic E-state index is 2.30. The van der Waals surface area contributed by atoms with Crippen LogP contribution in [0.1, 0.15) is 0 Å². The molecule has 0 bridgehead atoms. The van der Waals surface area contributed by atoms with Crippen LogP contribution in [0.2, 0.25) is 0 Å². The summed E-state index contributed by atoms with van der Waals surface area (Å²) >= 11 is 0. The van der Waals surface area contributed by atoms with Gasteiger partial charge in [-0.2, -0.15) is 0 Å². The van der Waals surface area contributed by atoms with Gasteiger partial charge in [0.05, 0.1) is 0 Å². The Balaban J connectivity index is 2.32. The third-order valence-electron chi connectivity index (χ3n) is 3.39. The minimum absolute atomic E-state index is 1.35. The zero-order valence-electron chi connectivity index (χ0n) is 8.77. The first kappa shape index (κ1) is 8.12. The van der Waals surface area contributed by atoms with E-state index in [0.717, 1.165) is 0 Å². The highest BCUT2D eigenvalue weighted by atomic mass is 14.2. The molecule has 0 heteroatoms. The molecule has 0 nitrogen and oxygen atoms in total. The smallest absolute Gasteiger partial charge is 0.00928 e. The second-order valence-electron chi connectivity index (χ2n) is 4.29. The molecule has 0 saturated carbocycles. The van der Waals surface area contributed by atoms with E-state index in [2.05, 4.69) is 60.7 Å². The topological polar surface area (TPSA) is 0 Å². The summed E-state index contributed by atoms with van der Waals surface area (Å²) in [7, 11) is 0. The van der Waals surface area contributed by atoms with E-state index in [4.69, 9.17) is 0 Å². The van der Waals surface area contributed by atoms with E-state index in [-0.39, 0.29) is 0 Å². The van der Waals surface area contributed by atoms with Crippen molar-refractivity contribution in [1.82, 2.24) is 0 Å². The molecule has 0 heterocycles. The maximum Gasteiger partial charge on any atom is -0.00928 e. The summed E-state index contributed by atoms with van der Waals surface area (Å²) in [5.41, 5.74) is 2.77. The van der Waals surface area contributed by atoms with Gasteiger partial charge in [-0.25, -0.2) is 0 Å². The van der Waals surface area contributed by atoms with Crippen LogP contribution in [-0.4, -0.2) is 0 Å². The minimum Gasteiger partial charge on any atom is -0.0616 e. The predicted molar refractivity (Wildman–Crippen MR) is 67.1 cm³/mol. The summed E-state index contributed by atoms with van der Waals surface area (Å²) in [6, 6.07) is 17.2. The van der Waals surface area contributed by atoms with Crippen LogP contribution in [0.5, 0.6) is 0 Å². The van der Waals surface area contributed by atoms with Gasteiger partial charge in [0, 0.05) is 0 Å². The standard InChI is InChI=1S/C16H10/c1-3-7-13-11(5-1)9-15-14-8-4-2-6-12(14)10-16(13)15/h1-10H. The summed E-state index contributed by atoms with van der Waals surface area (Å²) in [6.07, 6.45) is 4.60. The Labute approximate surface area is 93.2 Å². The van der Waals surface area contributed by atoms with E-state index in [9.17, 15) is 0 Å². The molecule has 2 aliphatic rings. The lowest BCUT2D eigenvalue weighted by molar-refractivity contribution is 1.52. The molecule has 0 fully saturated rings. The highest BCUT2D eigenvalue weighted by molar-refractivity contribution is 6.18. The van der Waals surface area contributed by atoms with E-state index >= 15 is 0 Å². The third-order valence-corrected chi connectivity index (χ3v) is 3.39. The van der Waals surface area contributed by atoms with Gasteiger partial charge >= 0.3 is 0 Å². The number of hydrogen-bond acceptors (Lipinski definition) is 0. The fourth-order valence-corrected chi connectivity index (χ4v) is 2.65. The number of benzene rings is 2. The van der Waals surface area contributed by atoms with Crippen LogP contribution < -0.4 is 20.9 Å². The van der Waals surface area contributed by atoms with Gasteiger partial charge in [-0.15, -0.1) is 0 Å². The molecule has 2 aromatic rings. The number of fused-ring (bicyclic) bond motifs is 3. The largest absolute Gasteiger partial charge is 0.0616 e. The Morgan fingerprint density at radius 3 is 1.44 bits per heavy atom. The fourth-order valence-electron chi connectivity index (χ4n) is 2.65. The van der Waals surface area contributed by atoms with E-state index in [1.165, 1.54) is 32.0 Å². The van der Waals surface area contributed by atoms with Gasteiger partial charge in [-0.05, 0) is 44.2 Å². The van der Waals surface area contributed by atoms with E-state index < -0.39 is 0 Å². The van der Waals surface area contributed by atoms with Crippen molar-refractivity contribution in [3.05, 3.63) is 69.4 Å². The van der Waals surface area contributed by atoms with Gasteiger partial charge in [0.2, 0.25) is 0 Å².